The molecular weight excluding hydrogens is 842 g/mol. The Kier molecular flexibility index (Phi) is 18.5. The molecule has 2 aromatic heterocycles. The maximum Gasteiger partial charge on any atom is 0.123 e. The molecule has 0 aliphatic carbocycles. The largest absolute Gasteiger partial charge is 0.265 e. The molecule has 0 aliphatic rings. The standard InChI is InChI=1S/3C13H11F.2C12H11N/c1-10-2-4-11(5-3-10)12-6-8-13(14)9-7-12;2*1-10-5-7-11(8-6-10)12-3-2-4-13(14)9-12;1-10-2-4-11(5-3-10)12-6-8-13-9-7-12;1-10-3-2-4-12(9-10)11-5-7-13-8-6-11/h3*2-9H,1H3;2*2-9H,1H3. The number of benzene rings is 8. The monoisotopic (exact) mass is 896 g/mol. The second-order valence-electron chi connectivity index (χ2n) is 16.3. The van der Waals surface area contributed by atoms with E-state index in [1.807, 2.05) is 136 Å². The molecule has 8 aromatic carbocycles. The van der Waals surface area contributed by atoms with Crippen LogP contribution in [0.15, 0.2) is 243 Å². The zero-order valence-electron chi connectivity index (χ0n) is 39.1. The van der Waals surface area contributed by atoms with Gasteiger partial charge in [0.2, 0.25) is 0 Å². The van der Waals surface area contributed by atoms with Gasteiger partial charge in [-0.3, -0.25) is 9.97 Å². The van der Waals surface area contributed by atoms with Crippen LogP contribution in [-0.2, 0) is 0 Å². The molecule has 0 aliphatic heterocycles. The third-order valence-corrected chi connectivity index (χ3v) is 10.7. The SMILES string of the molecule is Cc1ccc(-c2ccc(F)cc2)cc1.Cc1ccc(-c2cccc(F)c2)cc1.Cc1ccc(-c2cccc(F)c2)cc1.Cc1ccc(-c2ccncc2)cc1.Cc1cccc(-c2ccncc2)c1. The van der Waals surface area contributed by atoms with Crippen molar-refractivity contribution in [3.63, 3.8) is 0 Å². The van der Waals surface area contributed by atoms with Gasteiger partial charge in [-0.1, -0.05) is 186 Å². The first-order valence-corrected chi connectivity index (χ1v) is 22.4. The van der Waals surface area contributed by atoms with Crippen molar-refractivity contribution in [1.82, 2.24) is 9.97 Å². The minimum Gasteiger partial charge on any atom is -0.265 e. The van der Waals surface area contributed by atoms with Crippen LogP contribution in [0.5, 0.6) is 0 Å². The molecule has 0 amide bonds. The van der Waals surface area contributed by atoms with Gasteiger partial charge in [0.25, 0.3) is 0 Å². The van der Waals surface area contributed by atoms with Gasteiger partial charge in [-0.25, -0.2) is 13.2 Å². The van der Waals surface area contributed by atoms with Crippen LogP contribution in [0.1, 0.15) is 27.8 Å². The Morgan fingerprint density at radius 2 is 0.485 bits per heavy atom. The summed E-state index contributed by atoms with van der Waals surface area (Å²) in [6.45, 7) is 10.3. The lowest BCUT2D eigenvalue weighted by Crippen LogP contribution is -1.80. The summed E-state index contributed by atoms with van der Waals surface area (Å²) in [4.78, 5) is 7.98. The lowest BCUT2D eigenvalue weighted by atomic mass is 10.0. The molecule has 0 saturated carbocycles. The fraction of sp³-hybridized carbons (Fsp3) is 0.0794. The van der Waals surface area contributed by atoms with Crippen molar-refractivity contribution in [2.24, 2.45) is 0 Å². The molecule has 2 nitrogen and oxygen atoms in total. The predicted molar refractivity (Wildman–Crippen MR) is 279 cm³/mol. The summed E-state index contributed by atoms with van der Waals surface area (Å²) in [5, 5.41) is 0. The third kappa shape index (κ3) is 16.1. The number of rotatable bonds is 5. The van der Waals surface area contributed by atoms with Crippen LogP contribution in [0.4, 0.5) is 13.2 Å². The lowest BCUT2D eigenvalue weighted by molar-refractivity contribution is 0.627. The normalized spacial score (nSPS) is 10.1. The van der Waals surface area contributed by atoms with Gasteiger partial charge in [-0.2, -0.15) is 0 Å². The molecule has 0 radical (unpaired) electrons. The van der Waals surface area contributed by atoms with Gasteiger partial charge in [0.1, 0.15) is 17.5 Å². The van der Waals surface area contributed by atoms with E-state index in [-0.39, 0.29) is 17.5 Å². The highest BCUT2D eigenvalue weighted by molar-refractivity contribution is 5.66. The molecule has 2 heterocycles. The summed E-state index contributed by atoms with van der Waals surface area (Å²) in [5.74, 6) is -0.577. The summed E-state index contributed by atoms with van der Waals surface area (Å²) in [5.41, 5.74) is 17.3. The molecule has 0 unspecified atom stereocenters. The minimum absolute atomic E-state index is 0.192. The lowest BCUT2D eigenvalue weighted by Gasteiger charge is -2.01. The highest BCUT2D eigenvalue weighted by Gasteiger charge is 2.01. The number of nitrogens with zero attached hydrogens (tertiary/aromatic N) is 2. The van der Waals surface area contributed by atoms with Gasteiger partial charge in [-0.05, 0) is 151 Å². The molecule has 5 heteroatoms. The van der Waals surface area contributed by atoms with Crippen LogP contribution in [0.25, 0.3) is 55.6 Å². The Morgan fingerprint density at radius 1 is 0.221 bits per heavy atom. The number of halogens is 3. The van der Waals surface area contributed by atoms with Crippen molar-refractivity contribution in [2.45, 2.75) is 34.6 Å². The first-order chi connectivity index (χ1) is 33.0. The second-order valence-corrected chi connectivity index (χ2v) is 16.3. The van der Waals surface area contributed by atoms with Crippen LogP contribution >= 0.6 is 0 Å². The summed E-state index contributed by atoms with van der Waals surface area (Å²) >= 11 is 0. The van der Waals surface area contributed by atoms with E-state index in [1.165, 1.54) is 74.3 Å². The van der Waals surface area contributed by atoms with Crippen molar-refractivity contribution < 1.29 is 13.2 Å². The average Bonchev–Trinajstić information content (AvgIpc) is 3.37. The van der Waals surface area contributed by atoms with Gasteiger partial charge in [0.15, 0.2) is 0 Å². The number of aryl methyl sites for hydroxylation is 5. The zero-order chi connectivity index (χ0) is 48.1. The van der Waals surface area contributed by atoms with Crippen LogP contribution < -0.4 is 0 Å². The fourth-order valence-electron chi connectivity index (χ4n) is 6.88. The highest BCUT2D eigenvalue weighted by Crippen LogP contribution is 2.23. The van der Waals surface area contributed by atoms with E-state index in [4.69, 9.17) is 0 Å². The third-order valence-electron chi connectivity index (χ3n) is 10.7. The first kappa shape index (κ1) is 49.3. The van der Waals surface area contributed by atoms with Crippen molar-refractivity contribution in [2.75, 3.05) is 0 Å². The van der Waals surface area contributed by atoms with Crippen LogP contribution in [0, 0.1) is 52.1 Å². The molecule has 0 N–H and O–H groups in total. The van der Waals surface area contributed by atoms with Crippen LogP contribution in [0.3, 0.4) is 0 Å². The molecule has 0 fully saturated rings. The van der Waals surface area contributed by atoms with E-state index in [2.05, 4.69) is 91.4 Å². The van der Waals surface area contributed by atoms with E-state index in [0.717, 1.165) is 33.4 Å². The fourth-order valence-corrected chi connectivity index (χ4v) is 6.88. The quantitative estimate of drug-likeness (QED) is 0.172. The molecule has 10 rings (SSSR count). The Labute approximate surface area is 400 Å². The van der Waals surface area contributed by atoms with E-state index in [1.54, 1.807) is 36.4 Å². The first-order valence-electron chi connectivity index (χ1n) is 22.4. The Balaban J connectivity index is 0.000000140. The summed E-state index contributed by atoms with van der Waals surface area (Å²) in [7, 11) is 0. The van der Waals surface area contributed by atoms with Crippen molar-refractivity contribution in [1.29, 1.82) is 0 Å². The molecule has 0 spiro atoms. The molecule has 338 valence electrons. The van der Waals surface area contributed by atoms with Gasteiger partial charge in [-0.15, -0.1) is 0 Å². The van der Waals surface area contributed by atoms with Gasteiger partial charge < -0.3 is 0 Å². The van der Waals surface area contributed by atoms with Crippen molar-refractivity contribution in [3.05, 3.63) is 288 Å². The Hall–Kier alpha value is -8.15. The summed E-state index contributed by atoms with van der Waals surface area (Å²) < 4.78 is 38.5. The molecule has 0 bridgehead atoms. The highest BCUT2D eigenvalue weighted by atomic mass is 19.1. The molecule has 0 atom stereocenters. The number of hydrogen-bond donors (Lipinski definition) is 0. The maximum absolute atomic E-state index is 12.9. The van der Waals surface area contributed by atoms with E-state index in [0.29, 0.717) is 0 Å². The average molecular weight is 897 g/mol. The number of pyridine rings is 2. The van der Waals surface area contributed by atoms with Crippen LogP contribution in [-0.4, -0.2) is 9.97 Å². The summed E-state index contributed by atoms with van der Waals surface area (Å²) in [6, 6.07) is 69.2. The zero-order valence-corrected chi connectivity index (χ0v) is 39.1. The van der Waals surface area contributed by atoms with Gasteiger partial charge in [0.05, 0.1) is 0 Å². The molecular formula is C63H55F3N2. The molecule has 68 heavy (non-hydrogen) atoms. The number of aromatic nitrogens is 2. The van der Waals surface area contributed by atoms with E-state index in [9.17, 15) is 13.2 Å². The van der Waals surface area contributed by atoms with Crippen molar-refractivity contribution >= 4 is 0 Å². The van der Waals surface area contributed by atoms with Crippen molar-refractivity contribution in [3.8, 4) is 55.6 Å². The van der Waals surface area contributed by atoms with E-state index < -0.39 is 0 Å². The Morgan fingerprint density at radius 3 is 0.809 bits per heavy atom. The van der Waals surface area contributed by atoms with Gasteiger partial charge >= 0.3 is 0 Å². The van der Waals surface area contributed by atoms with Crippen LogP contribution in [0.2, 0.25) is 0 Å². The predicted octanol–water partition coefficient (Wildman–Crippen LogP) is 17.5. The topological polar surface area (TPSA) is 25.8 Å². The molecule has 0 saturated heterocycles. The van der Waals surface area contributed by atoms with Gasteiger partial charge in [0, 0.05) is 24.8 Å². The minimum atomic E-state index is -0.194. The van der Waals surface area contributed by atoms with E-state index >= 15 is 0 Å². The Bertz CT molecular complexity index is 2900. The maximum atomic E-state index is 12.9. The molecule has 10 aromatic rings. The number of hydrogen-bond acceptors (Lipinski definition) is 2. The smallest absolute Gasteiger partial charge is 0.123 e. The second kappa shape index (κ2) is 25.5. The summed E-state index contributed by atoms with van der Waals surface area (Å²) in [6.07, 6.45) is 7.26.